The molecule has 1 aromatic rings. The predicted molar refractivity (Wildman–Crippen MR) is 79.4 cm³/mol. The molecule has 1 fully saturated rings. The van der Waals surface area contributed by atoms with E-state index in [0.29, 0.717) is 17.3 Å². The Morgan fingerprint density at radius 1 is 1.50 bits per heavy atom. The largest absolute Gasteiger partial charge is 0.489 e. The summed E-state index contributed by atoms with van der Waals surface area (Å²) in [6.45, 7) is 3.62. The van der Waals surface area contributed by atoms with Crippen molar-refractivity contribution in [2.24, 2.45) is 0 Å². The Bertz CT molecular complexity index is 410. The van der Waals surface area contributed by atoms with Crippen LogP contribution in [0.5, 0.6) is 5.75 Å². The highest BCUT2D eigenvalue weighted by molar-refractivity contribution is 6.32. The van der Waals surface area contributed by atoms with E-state index in [0.717, 1.165) is 19.4 Å². The van der Waals surface area contributed by atoms with Crippen LogP contribution in [-0.4, -0.2) is 43.1 Å². The van der Waals surface area contributed by atoms with Crippen molar-refractivity contribution in [1.82, 2.24) is 5.32 Å². The summed E-state index contributed by atoms with van der Waals surface area (Å²) in [7, 11) is 0. The molecule has 0 amide bonds. The molecule has 0 spiro atoms. The zero-order valence-electron chi connectivity index (χ0n) is 11.7. The molecule has 0 bridgehead atoms. The van der Waals surface area contributed by atoms with Crippen molar-refractivity contribution in [3.05, 3.63) is 29.3 Å². The first-order chi connectivity index (χ1) is 9.66. The quantitative estimate of drug-likeness (QED) is 0.811. The number of ether oxygens (including phenoxy) is 2. The van der Waals surface area contributed by atoms with Gasteiger partial charge >= 0.3 is 0 Å². The molecule has 0 aliphatic carbocycles. The minimum Gasteiger partial charge on any atom is -0.489 e. The minimum atomic E-state index is -0.574. The standard InChI is InChI=1S/C15H22ClNO3/c1-11(14-7-4-8-19-14)17-9-12(18)10-20-15-6-3-2-5-13(15)16/h2-3,5-6,11-12,14,17-18H,4,7-10H2,1H3. The third-order valence-electron chi connectivity index (χ3n) is 3.47. The molecule has 1 aromatic carbocycles. The van der Waals surface area contributed by atoms with Gasteiger partial charge < -0.3 is 19.9 Å². The summed E-state index contributed by atoms with van der Waals surface area (Å²) in [5, 5.41) is 13.8. The molecular weight excluding hydrogens is 278 g/mol. The van der Waals surface area contributed by atoms with E-state index < -0.39 is 6.10 Å². The number of para-hydroxylation sites is 1. The lowest BCUT2D eigenvalue weighted by Crippen LogP contribution is -2.42. The molecule has 2 rings (SSSR count). The van der Waals surface area contributed by atoms with Gasteiger partial charge in [-0.05, 0) is 31.9 Å². The van der Waals surface area contributed by atoms with Crippen LogP contribution in [0.3, 0.4) is 0 Å². The average Bonchev–Trinajstić information content (AvgIpc) is 2.98. The van der Waals surface area contributed by atoms with E-state index in [-0.39, 0.29) is 18.8 Å². The van der Waals surface area contributed by atoms with Crippen LogP contribution in [0.4, 0.5) is 0 Å². The van der Waals surface area contributed by atoms with Crippen molar-refractivity contribution in [2.75, 3.05) is 19.8 Å². The average molecular weight is 300 g/mol. The molecule has 1 aliphatic heterocycles. The maximum absolute atomic E-state index is 9.92. The summed E-state index contributed by atoms with van der Waals surface area (Å²) < 4.78 is 11.1. The van der Waals surface area contributed by atoms with Gasteiger partial charge in [-0.3, -0.25) is 0 Å². The normalized spacial score (nSPS) is 21.6. The van der Waals surface area contributed by atoms with E-state index >= 15 is 0 Å². The second kappa shape index (κ2) is 7.84. The smallest absolute Gasteiger partial charge is 0.138 e. The van der Waals surface area contributed by atoms with Gasteiger partial charge in [0, 0.05) is 19.2 Å². The number of aliphatic hydroxyl groups is 1. The zero-order valence-corrected chi connectivity index (χ0v) is 12.5. The van der Waals surface area contributed by atoms with E-state index in [1.807, 2.05) is 12.1 Å². The van der Waals surface area contributed by atoms with Crippen molar-refractivity contribution < 1.29 is 14.6 Å². The van der Waals surface area contributed by atoms with Crippen LogP contribution in [0.1, 0.15) is 19.8 Å². The van der Waals surface area contributed by atoms with Crippen molar-refractivity contribution in [2.45, 2.75) is 38.0 Å². The maximum Gasteiger partial charge on any atom is 0.138 e. The van der Waals surface area contributed by atoms with E-state index in [4.69, 9.17) is 21.1 Å². The van der Waals surface area contributed by atoms with Gasteiger partial charge in [-0.2, -0.15) is 0 Å². The summed E-state index contributed by atoms with van der Waals surface area (Å²) in [6, 6.07) is 7.49. The van der Waals surface area contributed by atoms with Crippen LogP contribution in [0.15, 0.2) is 24.3 Å². The fourth-order valence-electron chi connectivity index (χ4n) is 2.26. The van der Waals surface area contributed by atoms with Crippen molar-refractivity contribution >= 4 is 11.6 Å². The van der Waals surface area contributed by atoms with Crippen molar-refractivity contribution in [3.8, 4) is 5.75 Å². The van der Waals surface area contributed by atoms with Crippen LogP contribution in [0, 0.1) is 0 Å². The van der Waals surface area contributed by atoms with Crippen LogP contribution in [0.2, 0.25) is 5.02 Å². The minimum absolute atomic E-state index is 0.217. The molecule has 112 valence electrons. The summed E-state index contributed by atoms with van der Waals surface area (Å²) in [6.07, 6.45) is 1.89. The molecule has 4 nitrogen and oxygen atoms in total. The molecule has 0 radical (unpaired) electrons. The summed E-state index contributed by atoms with van der Waals surface area (Å²) in [4.78, 5) is 0. The topological polar surface area (TPSA) is 50.7 Å². The third-order valence-corrected chi connectivity index (χ3v) is 3.78. The van der Waals surface area contributed by atoms with Crippen LogP contribution < -0.4 is 10.1 Å². The Morgan fingerprint density at radius 2 is 2.30 bits per heavy atom. The second-order valence-electron chi connectivity index (χ2n) is 5.14. The third kappa shape index (κ3) is 4.63. The SMILES string of the molecule is CC(NCC(O)COc1ccccc1Cl)C1CCCO1. The Hall–Kier alpha value is -0.810. The molecule has 3 atom stereocenters. The number of hydrogen-bond acceptors (Lipinski definition) is 4. The molecule has 0 aromatic heterocycles. The molecule has 1 heterocycles. The van der Waals surface area contributed by atoms with E-state index in [1.165, 1.54) is 0 Å². The Kier molecular flexibility index (Phi) is 6.10. The van der Waals surface area contributed by atoms with Gasteiger partial charge in [0.2, 0.25) is 0 Å². The number of benzene rings is 1. The first kappa shape index (κ1) is 15.6. The molecule has 1 saturated heterocycles. The Labute approximate surface area is 125 Å². The van der Waals surface area contributed by atoms with Crippen LogP contribution in [-0.2, 0) is 4.74 Å². The number of halogens is 1. The fourth-order valence-corrected chi connectivity index (χ4v) is 2.45. The fraction of sp³-hybridized carbons (Fsp3) is 0.600. The molecule has 5 heteroatoms. The number of aliphatic hydroxyl groups excluding tert-OH is 1. The maximum atomic E-state index is 9.92. The summed E-state index contributed by atoms with van der Waals surface area (Å²) in [5.74, 6) is 0.598. The molecule has 0 saturated carbocycles. The van der Waals surface area contributed by atoms with Gasteiger partial charge in [-0.15, -0.1) is 0 Å². The highest BCUT2D eigenvalue weighted by Gasteiger charge is 2.22. The lowest BCUT2D eigenvalue weighted by Gasteiger charge is -2.22. The van der Waals surface area contributed by atoms with Crippen LogP contribution >= 0.6 is 11.6 Å². The molecule has 20 heavy (non-hydrogen) atoms. The van der Waals surface area contributed by atoms with Gasteiger partial charge in [0.25, 0.3) is 0 Å². The molecular formula is C15H22ClNO3. The summed E-state index contributed by atoms with van der Waals surface area (Å²) in [5.41, 5.74) is 0. The van der Waals surface area contributed by atoms with Crippen molar-refractivity contribution in [3.63, 3.8) is 0 Å². The van der Waals surface area contributed by atoms with Gasteiger partial charge in [-0.1, -0.05) is 23.7 Å². The molecule has 2 N–H and O–H groups in total. The molecule has 3 unspecified atom stereocenters. The Morgan fingerprint density at radius 3 is 3.00 bits per heavy atom. The predicted octanol–water partition coefficient (Wildman–Crippen LogP) is 2.24. The highest BCUT2D eigenvalue weighted by atomic mass is 35.5. The first-order valence-electron chi connectivity index (χ1n) is 7.07. The Balaban J connectivity index is 1.67. The van der Waals surface area contributed by atoms with E-state index in [1.54, 1.807) is 12.1 Å². The van der Waals surface area contributed by atoms with Crippen LogP contribution in [0.25, 0.3) is 0 Å². The van der Waals surface area contributed by atoms with Gasteiger partial charge in [0.1, 0.15) is 18.5 Å². The highest BCUT2D eigenvalue weighted by Crippen LogP contribution is 2.23. The number of rotatable bonds is 7. The summed E-state index contributed by atoms with van der Waals surface area (Å²) >= 11 is 5.98. The first-order valence-corrected chi connectivity index (χ1v) is 7.45. The number of nitrogens with one attached hydrogen (secondary N) is 1. The molecule has 1 aliphatic rings. The number of hydrogen-bond donors (Lipinski definition) is 2. The van der Waals surface area contributed by atoms with Gasteiger partial charge in [0.05, 0.1) is 11.1 Å². The lowest BCUT2D eigenvalue weighted by molar-refractivity contribution is 0.0675. The lowest BCUT2D eigenvalue weighted by atomic mass is 10.1. The van der Waals surface area contributed by atoms with Crippen molar-refractivity contribution in [1.29, 1.82) is 0 Å². The van der Waals surface area contributed by atoms with Gasteiger partial charge in [-0.25, -0.2) is 0 Å². The van der Waals surface area contributed by atoms with E-state index in [2.05, 4.69) is 12.2 Å². The zero-order chi connectivity index (χ0) is 14.4. The second-order valence-corrected chi connectivity index (χ2v) is 5.55. The monoisotopic (exact) mass is 299 g/mol. The van der Waals surface area contributed by atoms with Gasteiger partial charge in [0.15, 0.2) is 0 Å². The van der Waals surface area contributed by atoms with E-state index in [9.17, 15) is 5.11 Å².